The van der Waals surface area contributed by atoms with Crippen molar-refractivity contribution in [1.29, 1.82) is 0 Å². The Bertz CT molecular complexity index is 506. The van der Waals surface area contributed by atoms with Crippen molar-refractivity contribution >= 4 is 11.8 Å². The molecule has 0 unspecified atom stereocenters. The third-order valence-corrected chi connectivity index (χ3v) is 4.84. The first kappa shape index (κ1) is 21.8. The van der Waals surface area contributed by atoms with Gasteiger partial charge in [-0.2, -0.15) is 0 Å². The first-order chi connectivity index (χ1) is 13.0. The highest BCUT2D eigenvalue weighted by atomic mass is 16.5. The van der Waals surface area contributed by atoms with Crippen LogP contribution in [0, 0.1) is 0 Å². The number of ether oxygens (including phenoxy) is 1. The zero-order valence-corrected chi connectivity index (χ0v) is 16.5. The monoisotopic (exact) mass is 382 g/mol. The topological polar surface area (TPSA) is 94.1 Å². The number of hydrogen-bond donors (Lipinski definition) is 3. The number of amides is 2. The number of carbonyl (C=O) groups excluding carboxylic acids is 2. The van der Waals surface area contributed by atoms with Crippen LogP contribution in [-0.2, 0) is 14.3 Å². The van der Waals surface area contributed by atoms with E-state index < -0.39 is 6.10 Å². The number of aliphatic hydroxyl groups excluding tert-OH is 1. The summed E-state index contributed by atoms with van der Waals surface area (Å²) in [7, 11) is 3.63. The molecule has 0 aromatic heterocycles. The Morgan fingerprint density at radius 2 is 1.93 bits per heavy atom. The molecule has 0 aromatic rings. The van der Waals surface area contributed by atoms with Gasteiger partial charge in [0.05, 0.1) is 31.7 Å². The van der Waals surface area contributed by atoms with Crippen LogP contribution in [0.1, 0.15) is 25.7 Å². The van der Waals surface area contributed by atoms with Crippen LogP contribution in [0.25, 0.3) is 0 Å². The maximum atomic E-state index is 12.1. The zero-order chi connectivity index (χ0) is 19.6. The minimum Gasteiger partial charge on any atom is -0.394 e. The van der Waals surface area contributed by atoms with Crippen molar-refractivity contribution in [3.8, 4) is 0 Å². The molecule has 0 bridgehead atoms. The van der Waals surface area contributed by atoms with E-state index in [4.69, 9.17) is 4.74 Å². The number of likely N-dealkylation sites (N-methyl/N-ethyl adjacent to an activating group) is 1. The third kappa shape index (κ3) is 7.96. The summed E-state index contributed by atoms with van der Waals surface area (Å²) in [6.07, 6.45) is 6.65. The highest BCUT2D eigenvalue weighted by molar-refractivity contribution is 5.78. The molecule has 1 fully saturated rings. The van der Waals surface area contributed by atoms with Gasteiger partial charge in [0.2, 0.25) is 11.8 Å². The summed E-state index contributed by atoms with van der Waals surface area (Å²) in [6, 6.07) is -0.388. The summed E-state index contributed by atoms with van der Waals surface area (Å²) < 4.78 is 5.78. The lowest BCUT2D eigenvalue weighted by Crippen LogP contribution is -2.50. The van der Waals surface area contributed by atoms with Crippen molar-refractivity contribution in [2.75, 3.05) is 53.4 Å². The van der Waals surface area contributed by atoms with E-state index in [2.05, 4.69) is 15.5 Å². The lowest BCUT2D eigenvalue weighted by Gasteiger charge is -2.32. The Morgan fingerprint density at radius 1 is 1.19 bits per heavy atom. The summed E-state index contributed by atoms with van der Waals surface area (Å²) >= 11 is 0. The SMILES string of the molecule is CN(C)CC(=O)N[C@H]1C=C[C@H](CC(=O)NCCN2CCCCC2)O[C@H]1CO. The highest BCUT2D eigenvalue weighted by Gasteiger charge is 2.29. The van der Waals surface area contributed by atoms with Crippen LogP contribution in [-0.4, -0.2) is 98.4 Å². The first-order valence-corrected chi connectivity index (χ1v) is 9.85. The molecule has 2 aliphatic heterocycles. The number of likely N-dealkylation sites (tertiary alicyclic amines) is 1. The maximum Gasteiger partial charge on any atom is 0.234 e. The van der Waals surface area contributed by atoms with Gasteiger partial charge < -0.3 is 30.3 Å². The van der Waals surface area contributed by atoms with Crippen LogP contribution in [0.3, 0.4) is 0 Å². The van der Waals surface area contributed by atoms with Gasteiger partial charge in [0.25, 0.3) is 0 Å². The second kappa shape index (κ2) is 11.4. The van der Waals surface area contributed by atoms with Crippen molar-refractivity contribution in [2.45, 2.75) is 43.9 Å². The molecule has 3 atom stereocenters. The van der Waals surface area contributed by atoms with Crippen molar-refractivity contribution in [2.24, 2.45) is 0 Å². The van der Waals surface area contributed by atoms with Crippen LogP contribution in [0.15, 0.2) is 12.2 Å². The lowest BCUT2D eigenvalue weighted by molar-refractivity contribution is -0.128. The third-order valence-electron chi connectivity index (χ3n) is 4.84. The summed E-state index contributed by atoms with van der Waals surface area (Å²) in [5.74, 6) is -0.195. The first-order valence-electron chi connectivity index (χ1n) is 9.85. The van der Waals surface area contributed by atoms with Gasteiger partial charge in [0.1, 0.15) is 6.10 Å². The van der Waals surface area contributed by atoms with Gasteiger partial charge in [-0.3, -0.25) is 9.59 Å². The number of nitrogens with zero attached hydrogens (tertiary/aromatic N) is 2. The van der Waals surface area contributed by atoms with Crippen molar-refractivity contribution in [3.63, 3.8) is 0 Å². The van der Waals surface area contributed by atoms with Crippen LogP contribution in [0.5, 0.6) is 0 Å². The van der Waals surface area contributed by atoms with Gasteiger partial charge in [-0.15, -0.1) is 0 Å². The number of carbonyl (C=O) groups is 2. The maximum absolute atomic E-state index is 12.1. The average molecular weight is 383 g/mol. The van der Waals surface area contributed by atoms with Gasteiger partial charge in [-0.25, -0.2) is 0 Å². The molecular formula is C19H34N4O4. The fourth-order valence-electron chi connectivity index (χ4n) is 3.45. The van der Waals surface area contributed by atoms with Gasteiger partial charge in [-0.1, -0.05) is 18.6 Å². The second-order valence-electron chi connectivity index (χ2n) is 7.57. The van der Waals surface area contributed by atoms with Gasteiger partial charge in [0, 0.05) is 13.1 Å². The molecular weight excluding hydrogens is 348 g/mol. The molecule has 0 aromatic carbocycles. The number of nitrogens with one attached hydrogen (secondary N) is 2. The largest absolute Gasteiger partial charge is 0.394 e. The summed E-state index contributed by atoms with van der Waals surface area (Å²) in [6.45, 7) is 3.80. The van der Waals surface area contributed by atoms with E-state index >= 15 is 0 Å². The second-order valence-corrected chi connectivity index (χ2v) is 7.57. The van der Waals surface area contributed by atoms with E-state index in [-0.39, 0.29) is 43.5 Å². The number of aliphatic hydroxyl groups is 1. The van der Waals surface area contributed by atoms with E-state index in [1.165, 1.54) is 19.3 Å². The van der Waals surface area contributed by atoms with Crippen LogP contribution in [0.2, 0.25) is 0 Å². The van der Waals surface area contributed by atoms with Gasteiger partial charge in [0.15, 0.2) is 0 Å². The van der Waals surface area contributed by atoms with Crippen molar-refractivity contribution in [3.05, 3.63) is 12.2 Å². The van der Waals surface area contributed by atoms with Crippen molar-refractivity contribution in [1.82, 2.24) is 20.4 Å². The molecule has 1 saturated heterocycles. The summed E-state index contributed by atoms with van der Waals surface area (Å²) in [4.78, 5) is 28.2. The Morgan fingerprint density at radius 3 is 2.59 bits per heavy atom. The molecule has 8 heteroatoms. The van der Waals surface area contributed by atoms with Crippen LogP contribution >= 0.6 is 0 Å². The Hall–Kier alpha value is -1.48. The Balaban J connectivity index is 1.72. The standard InChI is InChI=1S/C19H34N4O4/c1-22(2)13-19(26)21-16-7-6-15(27-17(16)14-24)12-18(25)20-8-11-23-9-4-3-5-10-23/h6-7,15-17,24H,3-5,8-14H2,1-2H3,(H,20,25)(H,21,26)/t15-,16+,17+/m1/s1. The molecule has 0 radical (unpaired) electrons. The molecule has 2 amide bonds. The highest BCUT2D eigenvalue weighted by Crippen LogP contribution is 2.15. The zero-order valence-electron chi connectivity index (χ0n) is 16.5. The van der Waals surface area contributed by atoms with E-state index in [0.29, 0.717) is 6.54 Å². The molecule has 0 saturated carbocycles. The van der Waals surface area contributed by atoms with E-state index in [1.54, 1.807) is 11.0 Å². The molecule has 0 aliphatic carbocycles. The molecule has 0 spiro atoms. The predicted molar refractivity (Wildman–Crippen MR) is 103 cm³/mol. The normalized spacial score (nSPS) is 26.1. The molecule has 2 heterocycles. The van der Waals surface area contributed by atoms with Gasteiger partial charge in [-0.05, 0) is 40.0 Å². The van der Waals surface area contributed by atoms with Gasteiger partial charge >= 0.3 is 0 Å². The fraction of sp³-hybridized carbons (Fsp3) is 0.789. The molecule has 8 nitrogen and oxygen atoms in total. The fourth-order valence-corrected chi connectivity index (χ4v) is 3.45. The van der Waals surface area contributed by atoms with E-state index in [1.807, 2.05) is 20.2 Å². The molecule has 2 aliphatic rings. The molecule has 3 N–H and O–H groups in total. The number of piperidine rings is 1. The molecule has 154 valence electrons. The number of hydrogen-bond acceptors (Lipinski definition) is 6. The average Bonchev–Trinajstić information content (AvgIpc) is 2.63. The van der Waals surface area contributed by atoms with Crippen molar-refractivity contribution < 1.29 is 19.4 Å². The molecule has 27 heavy (non-hydrogen) atoms. The summed E-state index contributed by atoms with van der Waals surface area (Å²) in [5.41, 5.74) is 0. The lowest BCUT2D eigenvalue weighted by atomic mass is 10.0. The summed E-state index contributed by atoms with van der Waals surface area (Å²) in [5, 5.41) is 15.3. The van der Waals surface area contributed by atoms with Crippen LogP contribution in [0.4, 0.5) is 0 Å². The Kier molecular flexibility index (Phi) is 9.20. The van der Waals surface area contributed by atoms with Crippen LogP contribution < -0.4 is 10.6 Å². The number of rotatable bonds is 9. The van der Waals surface area contributed by atoms with E-state index in [9.17, 15) is 14.7 Å². The quantitative estimate of drug-likeness (QED) is 0.459. The minimum atomic E-state index is -0.549. The Labute approximate surface area is 161 Å². The smallest absolute Gasteiger partial charge is 0.234 e. The predicted octanol–water partition coefficient (Wildman–Crippen LogP) is -0.659. The van der Waals surface area contributed by atoms with E-state index in [0.717, 1.165) is 19.6 Å². The minimum absolute atomic E-state index is 0.0616. The molecule has 2 rings (SSSR count).